The van der Waals surface area contributed by atoms with Crippen molar-refractivity contribution < 1.29 is 4.74 Å². The van der Waals surface area contributed by atoms with Crippen LogP contribution in [0.4, 0.5) is 23.0 Å². The van der Waals surface area contributed by atoms with Gasteiger partial charge in [0.25, 0.3) is 0 Å². The van der Waals surface area contributed by atoms with E-state index in [2.05, 4.69) is 33.6 Å². The van der Waals surface area contributed by atoms with Gasteiger partial charge in [-0.15, -0.1) is 0 Å². The summed E-state index contributed by atoms with van der Waals surface area (Å²) in [6.07, 6.45) is 0. The van der Waals surface area contributed by atoms with Crippen molar-refractivity contribution in [3.63, 3.8) is 0 Å². The number of rotatable bonds is 5. The van der Waals surface area contributed by atoms with Crippen LogP contribution >= 0.6 is 0 Å². The normalized spacial score (nSPS) is 10.4. The predicted molar refractivity (Wildman–Crippen MR) is 102 cm³/mol. The number of hydrogen-bond acceptors (Lipinski definition) is 5. The van der Waals surface area contributed by atoms with E-state index < -0.39 is 0 Å². The second-order valence-electron chi connectivity index (χ2n) is 5.95. The number of hydrogen-bond donors (Lipinski definition) is 2. The maximum Gasteiger partial charge on any atom is 0.142 e. The summed E-state index contributed by atoms with van der Waals surface area (Å²) in [5.41, 5.74) is 4.21. The van der Waals surface area contributed by atoms with E-state index in [0.29, 0.717) is 11.6 Å². The zero-order valence-corrected chi connectivity index (χ0v) is 14.9. The SMILES string of the molecule is COc1ccc(C)cc1Nc1cc(Nc2ccccc2C)nc(C)n1. The molecule has 0 saturated carbocycles. The van der Waals surface area contributed by atoms with Crippen LogP contribution < -0.4 is 15.4 Å². The largest absolute Gasteiger partial charge is 0.495 e. The van der Waals surface area contributed by atoms with Crippen molar-refractivity contribution in [1.82, 2.24) is 9.97 Å². The first-order valence-corrected chi connectivity index (χ1v) is 8.15. The van der Waals surface area contributed by atoms with Crippen molar-refractivity contribution in [3.8, 4) is 5.75 Å². The van der Waals surface area contributed by atoms with E-state index in [1.807, 2.05) is 56.3 Å². The lowest BCUT2D eigenvalue weighted by Gasteiger charge is -2.14. The van der Waals surface area contributed by atoms with E-state index in [1.54, 1.807) is 7.11 Å². The van der Waals surface area contributed by atoms with Gasteiger partial charge in [0.15, 0.2) is 0 Å². The lowest BCUT2D eigenvalue weighted by molar-refractivity contribution is 0.416. The molecule has 2 N–H and O–H groups in total. The number of benzene rings is 2. The molecule has 0 bridgehead atoms. The molecule has 1 aromatic heterocycles. The molecule has 0 unspecified atom stereocenters. The van der Waals surface area contributed by atoms with Crippen LogP contribution in [0.25, 0.3) is 0 Å². The van der Waals surface area contributed by atoms with Gasteiger partial charge in [0.1, 0.15) is 23.2 Å². The topological polar surface area (TPSA) is 59.1 Å². The Morgan fingerprint density at radius 1 is 0.800 bits per heavy atom. The van der Waals surface area contributed by atoms with Crippen LogP contribution in [0.3, 0.4) is 0 Å². The molecule has 25 heavy (non-hydrogen) atoms. The fourth-order valence-electron chi connectivity index (χ4n) is 2.60. The summed E-state index contributed by atoms with van der Waals surface area (Å²) in [4.78, 5) is 8.96. The molecular weight excluding hydrogens is 312 g/mol. The molecule has 0 radical (unpaired) electrons. The molecule has 0 atom stereocenters. The molecule has 0 aliphatic carbocycles. The quantitative estimate of drug-likeness (QED) is 0.695. The molecule has 0 aliphatic rings. The summed E-state index contributed by atoms with van der Waals surface area (Å²) in [5.74, 6) is 2.92. The second kappa shape index (κ2) is 7.21. The van der Waals surface area contributed by atoms with Crippen LogP contribution in [0.1, 0.15) is 17.0 Å². The zero-order chi connectivity index (χ0) is 17.8. The number of nitrogens with one attached hydrogen (secondary N) is 2. The second-order valence-corrected chi connectivity index (χ2v) is 5.95. The molecule has 3 rings (SSSR count). The first-order valence-electron chi connectivity index (χ1n) is 8.15. The minimum absolute atomic E-state index is 0.688. The molecule has 128 valence electrons. The highest BCUT2D eigenvalue weighted by Gasteiger charge is 2.08. The molecule has 0 fully saturated rings. The Labute approximate surface area is 148 Å². The number of ether oxygens (including phenoxy) is 1. The van der Waals surface area contributed by atoms with Crippen molar-refractivity contribution in [2.75, 3.05) is 17.7 Å². The maximum absolute atomic E-state index is 5.42. The fraction of sp³-hybridized carbons (Fsp3) is 0.200. The third-order valence-electron chi connectivity index (χ3n) is 3.86. The van der Waals surface area contributed by atoms with E-state index in [9.17, 15) is 0 Å². The average molecular weight is 334 g/mol. The number of anilines is 4. The summed E-state index contributed by atoms with van der Waals surface area (Å²) in [6, 6.07) is 16.0. The Bertz CT molecular complexity index is 893. The molecule has 5 heteroatoms. The molecule has 0 amide bonds. The Hall–Kier alpha value is -3.08. The van der Waals surface area contributed by atoms with Crippen molar-refractivity contribution in [2.24, 2.45) is 0 Å². The van der Waals surface area contributed by atoms with E-state index in [0.717, 1.165) is 34.1 Å². The van der Waals surface area contributed by atoms with Gasteiger partial charge >= 0.3 is 0 Å². The van der Waals surface area contributed by atoms with Gasteiger partial charge in [-0.3, -0.25) is 0 Å². The van der Waals surface area contributed by atoms with Gasteiger partial charge in [-0.1, -0.05) is 24.3 Å². The number of para-hydroxylation sites is 1. The molecular formula is C20H22N4O. The average Bonchev–Trinajstić information content (AvgIpc) is 2.57. The first kappa shape index (κ1) is 16.8. The van der Waals surface area contributed by atoms with E-state index in [4.69, 9.17) is 4.74 Å². The van der Waals surface area contributed by atoms with Gasteiger partial charge in [0, 0.05) is 11.8 Å². The van der Waals surface area contributed by atoms with Crippen molar-refractivity contribution in [2.45, 2.75) is 20.8 Å². The minimum atomic E-state index is 0.688. The highest BCUT2D eigenvalue weighted by molar-refractivity contribution is 5.68. The standard InChI is InChI=1S/C20H22N4O/c1-13-9-10-18(25-4)17(11-13)24-20-12-19(21-15(3)22-20)23-16-8-6-5-7-14(16)2/h5-12H,1-4H3,(H2,21,22,23,24). The van der Waals surface area contributed by atoms with Gasteiger partial charge in [0.2, 0.25) is 0 Å². The van der Waals surface area contributed by atoms with Crippen LogP contribution in [-0.2, 0) is 0 Å². The summed E-state index contributed by atoms with van der Waals surface area (Å²) in [6.45, 7) is 5.98. The van der Waals surface area contributed by atoms with Crippen LogP contribution in [0, 0.1) is 20.8 Å². The van der Waals surface area contributed by atoms with Gasteiger partial charge in [-0.05, 0) is 50.1 Å². The van der Waals surface area contributed by atoms with Crippen molar-refractivity contribution >= 4 is 23.0 Å². The number of methoxy groups -OCH3 is 1. The van der Waals surface area contributed by atoms with Crippen LogP contribution in [0.15, 0.2) is 48.5 Å². The summed E-state index contributed by atoms with van der Waals surface area (Å²) < 4.78 is 5.42. The molecule has 0 spiro atoms. The van der Waals surface area contributed by atoms with Crippen LogP contribution in [-0.4, -0.2) is 17.1 Å². The van der Waals surface area contributed by atoms with Crippen LogP contribution in [0.5, 0.6) is 5.75 Å². The van der Waals surface area contributed by atoms with E-state index in [-0.39, 0.29) is 0 Å². The smallest absolute Gasteiger partial charge is 0.142 e. The Morgan fingerprint density at radius 2 is 1.48 bits per heavy atom. The molecule has 1 heterocycles. The van der Waals surface area contributed by atoms with E-state index >= 15 is 0 Å². The Morgan fingerprint density at radius 3 is 2.16 bits per heavy atom. The summed E-state index contributed by atoms with van der Waals surface area (Å²) >= 11 is 0. The van der Waals surface area contributed by atoms with Crippen molar-refractivity contribution in [1.29, 1.82) is 0 Å². The Balaban J connectivity index is 1.90. The van der Waals surface area contributed by atoms with Gasteiger partial charge in [-0.2, -0.15) is 0 Å². The maximum atomic E-state index is 5.42. The van der Waals surface area contributed by atoms with Crippen LogP contribution in [0.2, 0.25) is 0 Å². The molecule has 2 aromatic carbocycles. The highest BCUT2D eigenvalue weighted by atomic mass is 16.5. The monoisotopic (exact) mass is 334 g/mol. The van der Waals surface area contributed by atoms with E-state index in [1.165, 1.54) is 0 Å². The summed E-state index contributed by atoms with van der Waals surface area (Å²) in [5, 5.41) is 6.69. The molecule has 0 saturated heterocycles. The third kappa shape index (κ3) is 4.07. The first-order chi connectivity index (χ1) is 12.0. The lowest BCUT2D eigenvalue weighted by atomic mass is 10.2. The number of nitrogens with zero attached hydrogens (tertiary/aromatic N) is 2. The third-order valence-corrected chi connectivity index (χ3v) is 3.86. The lowest BCUT2D eigenvalue weighted by Crippen LogP contribution is -2.03. The Kier molecular flexibility index (Phi) is 4.84. The van der Waals surface area contributed by atoms with Crippen molar-refractivity contribution in [3.05, 3.63) is 65.5 Å². The number of aryl methyl sites for hydroxylation is 3. The fourth-order valence-corrected chi connectivity index (χ4v) is 2.60. The number of aromatic nitrogens is 2. The highest BCUT2D eigenvalue weighted by Crippen LogP contribution is 2.29. The predicted octanol–water partition coefficient (Wildman–Crippen LogP) is 4.90. The molecule has 0 aliphatic heterocycles. The van der Waals surface area contributed by atoms with Gasteiger partial charge in [0.05, 0.1) is 12.8 Å². The molecule has 3 aromatic rings. The molecule has 5 nitrogen and oxygen atoms in total. The van der Waals surface area contributed by atoms with Gasteiger partial charge < -0.3 is 15.4 Å². The minimum Gasteiger partial charge on any atom is -0.495 e. The zero-order valence-electron chi connectivity index (χ0n) is 14.9. The van der Waals surface area contributed by atoms with Gasteiger partial charge in [-0.25, -0.2) is 9.97 Å². The summed E-state index contributed by atoms with van der Waals surface area (Å²) in [7, 11) is 1.66.